The summed E-state index contributed by atoms with van der Waals surface area (Å²) in [6.07, 6.45) is 3.52. The van der Waals surface area contributed by atoms with E-state index < -0.39 is 11.4 Å². The van der Waals surface area contributed by atoms with Gasteiger partial charge < -0.3 is 29.0 Å². The summed E-state index contributed by atoms with van der Waals surface area (Å²) in [7, 11) is 8.54. The zero-order valence-electron chi connectivity index (χ0n) is 20.3. The number of fused-ring (bicyclic) bond motifs is 1. The Morgan fingerprint density at radius 1 is 0.970 bits per heavy atom. The first-order valence-corrected chi connectivity index (χ1v) is 11.3. The molecule has 2 aromatic carbocycles. The minimum atomic E-state index is -0.876. The summed E-state index contributed by atoms with van der Waals surface area (Å²) in [4.78, 5) is 14.7. The summed E-state index contributed by atoms with van der Waals surface area (Å²) >= 11 is 0. The SMILES string of the molecule is COc1ccc(CCN(C)CCCC2(C(=O)O)CCc3c2ccc(OC)c3OC)cc1OC. The molecule has 7 nitrogen and oxygen atoms in total. The van der Waals surface area contributed by atoms with E-state index in [0.29, 0.717) is 30.8 Å². The van der Waals surface area contributed by atoms with Crippen LogP contribution in [0.15, 0.2) is 30.3 Å². The fourth-order valence-electron chi connectivity index (χ4n) is 4.87. The number of aliphatic carboxylic acids is 1. The van der Waals surface area contributed by atoms with Gasteiger partial charge in [-0.05, 0) is 75.0 Å². The molecule has 3 rings (SSSR count). The van der Waals surface area contributed by atoms with E-state index in [0.717, 1.165) is 48.6 Å². The Morgan fingerprint density at radius 2 is 1.67 bits per heavy atom. The molecule has 1 aliphatic rings. The van der Waals surface area contributed by atoms with Crippen molar-refractivity contribution in [1.29, 1.82) is 0 Å². The van der Waals surface area contributed by atoms with E-state index in [1.165, 1.54) is 5.56 Å². The third kappa shape index (κ3) is 5.03. The first-order valence-electron chi connectivity index (χ1n) is 11.3. The first kappa shape index (κ1) is 24.7. The molecule has 0 aliphatic heterocycles. The van der Waals surface area contributed by atoms with E-state index in [1.807, 2.05) is 30.3 Å². The highest BCUT2D eigenvalue weighted by Gasteiger charge is 2.46. The Hall–Kier alpha value is -2.93. The molecule has 0 saturated heterocycles. The van der Waals surface area contributed by atoms with E-state index >= 15 is 0 Å². The van der Waals surface area contributed by atoms with Crippen LogP contribution in [0.5, 0.6) is 23.0 Å². The maximum absolute atomic E-state index is 12.4. The summed E-state index contributed by atoms with van der Waals surface area (Å²) in [5.41, 5.74) is 2.12. The van der Waals surface area contributed by atoms with Gasteiger partial charge in [0, 0.05) is 12.1 Å². The fraction of sp³-hybridized carbons (Fsp3) is 0.500. The second kappa shape index (κ2) is 10.8. The summed E-state index contributed by atoms with van der Waals surface area (Å²) in [5, 5.41) is 10.2. The third-order valence-electron chi connectivity index (χ3n) is 6.75. The van der Waals surface area contributed by atoms with Gasteiger partial charge in [-0.1, -0.05) is 12.1 Å². The Morgan fingerprint density at radius 3 is 2.30 bits per heavy atom. The molecule has 0 fully saturated rings. The van der Waals surface area contributed by atoms with Crippen LogP contribution in [-0.2, 0) is 23.1 Å². The van der Waals surface area contributed by atoms with Gasteiger partial charge in [0.25, 0.3) is 0 Å². The van der Waals surface area contributed by atoms with Crippen LogP contribution in [0.2, 0.25) is 0 Å². The van der Waals surface area contributed by atoms with E-state index in [2.05, 4.69) is 11.9 Å². The fourth-order valence-corrected chi connectivity index (χ4v) is 4.87. The first-order chi connectivity index (χ1) is 15.9. The van der Waals surface area contributed by atoms with Crippen molar-refractivity contribution in [2.24, 2.45) is 0 Å². The highest BCUT2D eigenvalue weighted by atomic mass is 16.5. The largest absolute Gasteiger partial charge is 0.493 e. The Labute approximate surface area is 196 Å². The second-order valence-corrected chi connectivity index (χ2v) is 8.56. The van der Waals surface area contributed by atoms with Gasteiger partial charge >= 0.3 is 5.97 Å². The number of carbonyl (C=O) groups is 1. The molecule has 0 amide bonds. The number of ether oxygens (including phenoxy) is 4. The topological polar surface area (TPSA) is 77.5 Å². The number of methoxy groups -OCH3 is 4. The van der Waals surface area contributed by atoms with Gasteiger partial charge in [0.15, 0.2) is 23.0 Å². The van der Waals surface area contributed by atoms with Crippen molar-refractivity contribution >= 4 is 5.97 Å². The monoisotopic (exact) mass is 457 g/mol. The molecular formula is C26H35NO6. The number of hydrogen-bond acceptors (Lipinski definition) is 6. The van der Waals surface area contributed by atoms with Gasteiger partial charge in [-0.15, -0.1) is 0 Å². The van der Waals surface area contributed by atoms with Crippen molar-refractivity contribution in [1.82, 2.24) is 4.90 Å². The van der Waals surface area contributed by atoms with Crippen LogP contribution in [0.4, 0.5) is 0 Å². The van der Waals surface area contributed by atoms with E-state index in [-0.39, 0.29) is 0 Å². The Bertz CT molecular complexity index is 975. The van der Waals surface area contributed by atoms with Crippen molar-refractivity contribution < 1.29 is 28.8 Å². The van der Waals surface area contributed by atoms with Crippen molar-refractivity contribution in [2.45, 2.75) is 37.5 Å². The molecule has 0 heterocycles. The molecule has 0 spiro atoms. The number of benzene rings is 2. The van der Waals surface area contributed by atoms with Crippen LogP contribution in [0.1, 0.15) is 36.0 Å². The smallest absolute Gasteiger partial charge is 0.314 e. The lowest BCUT2D eigenvalue weighted by molar-refractivity contribution is -0.144. The minimum Gasteiger partial charge on any atom is -0.493 e. The number of nitrogens with zero attached hydrogens (tertiary/aromatic N) is 1. The van der Waals surface area contributed by atoms with Gasteiger partial charge in [-0.3, -0.25) is 4.79 Å². The average Bonchev–Trinajstić information content (AvgIpc) is 3.21. The number of rotatable bonds is 12. The molecule has 180 valence electrons. The number of likely N-dealkylation sites (N-methyl/N-ethyl adjacent to an activating group) is 1. The van der Waals surface area contributed by atoms with Crippen molar-refractivity contribution in [3.63, 3.8) is 0 Å². The van der Waals surface area contributed by atoms with Crippen LogP contribution in [0, 0.1) is 0 Å². The predicted octanol–water partition coefficient (Wildman–Crippen LogP) is 3.94. The summed E-state index contributed by atoms with van der Waals surface area (Å²) in [6.45, 7) is 1.70. The van der Waals surface area contributed by atoms with Crippen LogP contribution < -0.4 is 18.9 Å². The van der Waals surface area contributed by atoms with E-state index in [4.69, 9.17) is 18.9 Å². The molecule has 7 heteroatoms. The molecule has 1 N–H and O–H groups in total. The van der Waals surface area contributed by atoms with Crippen molar-refractivity contribution in [2.75, 3.05) is 48.6 Å². The van der Waals surface area contributed by atoms with Gasteiger partial charge in [0.05, 0.1) is 33.9 Å². The van der Waals surface area contributed by atoms with Gasteiger partial charge in [0.2, 0.25) is 0 Å². The lowest BCUT2D eigenvalue weighted by Gasteiger charge is -2.27. The lowest BCUT2D eigenvalue weighted by atomic mass is 9.77. The molecule has 1 atom stereocenters. The highest BCUT2D eigenvalue weighted by Crippen LogP contribution is 2.48. The molecular weight excluding hydrogens is 422 g/mol. The number of hydrogen-bond donors (Lipinski definition) is 1. The zero-order valence-corrected chi connectivity index (χ0v) is 20.3. The minimum absolute atomic E-state index is 0.580. The second-order valence-electron chi connectivity index (χ2n) is 8.56. The lowest BCUT2D eigenvalue weighted by Crippen LogP contribution is -2.34. The molecule has 0 bridgehead atoms. The Kier molecular flexibility index (Phi) is 8.08. The predicted molar refractivity (Wildman–Crippen MR) is 127 cm³/mol. The maximum atomic E-state index is 12.4. The summed E-state index contributed by atoms with van der Waals surface area (Å²) < 4.78 is 21.6. The third-order valence-corrected chi connectivity index (χ3v) is 6.75. The average molecular weight is 458 g/mol. The zero-order chi connectivity index (χ0) is 24.0. The van der Waals surface area contributed by atoms with Crippen molar-refractivity contribution in [3.8, 4) is 23.0 Å². The van der Waals surface area contributed by atoms with Crippen molar-refractivity contribution in [3.05, 3.63) is 47.0 Å². The van der Waals surface area contributed by atoms with E-state index in [1.54, 1.807) is 28.4 Å². The molecule has 0 aromatic heterocycles. The quantitative estimate of drug-likeness (QED) is 0.517. The standard InChI is InChI=1S/C26H35NO6/c1-27(16-12-18-7-9-21(30-2)23(17-18)32-4)15-6-13-26(25(28)29)14-11-19-20(26)8-10-22(31-3)24(19)33-5/h7-10,17H,6,11-16H2,1-5H3,(H,28,29). The van der Waals surface area contributed by atoms with Gasteiger partial charge in [-0.2, -0.15) is 0 Å². The van der Waals surface area contributed by atoms with Crippen LogP contribution in [0.3, 0.4) is 0 Å². The molecule has 0 radical (unpaired) electrons. The van der Waals surface area contributed by atoms with Crippen LogP contribution >= 0.6 is 0 Å². The molecule has 1 aliphatic carbocycles. The molecule has 2 aromatic rings. The molecule has 33 heavy (non-hydrogen) atoms. The van der Waals surface area contributed by atoms with Gasteiger partial charge in [-0.25, -0.2) is 0 Å². The van der Waals surface area contributed by atoms with E-state index in [9.17, 15) is 9.90 Å². The number of carboxylic acid groups (broad SMARTS) is 1. The normalized spacial score (nSPS) is 17.0. The highest BCUT2D eigenvalue weighted by molar-refractivity contribution is 5.84. The molecule has 0 saturated carbocycles. The molecule has 1 unspecified atom stereocenters. The summed E-state index contributed by atoms with van der Waals surface area (Å²) in [5.74, 6) is 1.99. The Balaban J connectivity index is 1.62. The van der Waals surface area contributed by atoms with Gasteiger partial charge in [0.1, 0.15) is 0 Å². The number of carboxylic acids is 1. The van der Waals surface area contributed by atoms with Crippen LogP contribution in [0.25, 0.3) is 0 Å². The maximum Gasteiger partial charge on any atom is 0.314 e. The van der Waals surface area contributed by atoms with Crippen LogP contribution in [-0.4, -0.2) is 64.6 Å². The summed E-state index contributed by atoms with van der Waals surface area (Å²) in [6, 6.07) is 9.69.